The van der Waals surface area contributed by atoms with Gasteiger partial charge in [-0.25, -0.2) is 8.42 Å². The third-order valence-electron chi connectivity index (χ3n) is 6.37. The van der Waals surface area contributed by atoms with Gasteiger partial charge in [-0.2, -0.15) is 0 Å². The highest BCUT2D eigenvalue weighted by molar-refractivity contribution is 9.10. The molecule has 2 aromatic rings. The van der Waals surface area contributed by atoms with E-state index >= 15 is 0 Å². The standard InChI is InChI=1S/C25H31BrN4O6S/c1-18(25(32)27-21-10-4-3-5-11-21)28(16-19-8-6-9-20(26)14-19)24(31)17-29(37(2,35)36)22-12-7-13-23(15-22)30(33)34/h6-9,12-15,18,21H,3-5,10-11,16-17H2,1-2H3,(H,27,32)/t18-/m0/s1. The van der Waals surface area contributed by atoms with Crippen molar-refractivity contribution in [2.75, 3.05) is 17.1 Å². The quantitative estimate of drug-likeness (QED) is 0.327. The van der Waals surface area contributed by atoms with Gasteiger partial charge in [-0.15, -0.1) is 0 Å². The first-order chi connectivity index (χ1) is 17.5. The minimum Gasteiger partial charge on any atom is -0.352 e. The molecule has 12 heteroatoms. The number of sulfonamides is 1. The maximum atomic E-state index is 13.6. The van der Waals surface area contributed by atoms with Gasteiger partial charge in [0.1, 0.15) is 12.6 Å². The third kappa shape index (κ3) is 8.00. The summed E-state index contributed by atoms with van der Waals surface area (Å²) in [6, 6.07) is 11.5. The fourth-order valence-electron chi connectivity index (χ4n) is 4.36. The number of carbonyl (C=O) groups excluding carboxylic acids is 2. The van der Waals surface area contributed by atoms with Crippen molar-refractivity contribution >= 4 is 49.1 Å². The number of hydrogen-bond donors (Lipinski definition) is 1. The van der Waals surface area contributed by atoms with Gasteiger partial charge in [-0.1, -0.05) is 53.4 Å². The maximum Gasteiger partial charge on any atom is 0.271 e. The van der Waals surface area contributed by atoms with Crippen LogP contribution in [0.3, 0.4) is 0 Å². The molecule has 0 saturated heterocycles. The molecule has 2 amide bonds. The minimum absolute atomic E-state index is 0.00762. The number of non-ortho nitro benzene ring substituents is 1. The highest BCUT2D eigenvalue weighted by atomic mass is 79.9. The molecule has 2 aromatic carbocycles. The minimum atomic E-state index is -3.98. The molecule has 200 valence electrons. The van der Waals surface area contributed by atoms with Gasteiger partial charge in [0.2, 0.25) is 21.8 Å². The number of rotatable bonds is 10. The third-order valence-corrected chi connectivity index (χ3v) is 8.00. The van der Waals surface area contributed by atoms with Crippen molar-refractivity contribution in [3.8, 4) is 0 Å². The van der Waals surface area contributed by atoms with E-state index in [2.05, 4.69) is 21.2 Å². The van der Waals surface area contributed by atoms with E-state index in [1.54, 1.807) is 13.0 Å². The number of halogens is 1. The molecule has 0 aliphatic heterocycles. The lowest BCUT2D eigenvalue weighted by molar-refractivity contribution is -0.384. The zero-order valence-electron chi connectivity index (χ0n) is 20.8. The lowest BCUT2D eigenvalue weighted by Crippen LogP contribution is -2.52. The van der Waals surface area contributed by atoms with Crippen LogP contribution in [0.1, 0.15) is 44.6 Å². The van der Waals surface area contributed by atoms with Gasteiger partial charge in [-0.05, 0) is 43.5 Å². The van der Waals surface area contributed by atoms with E-state index < -0.39 is 33.4 Å². The van der Waals surface area contributed by atoms with Crippen molar-refractivity contribution in [3.63, 3.8) is 0 Å². The Kier molecular flexibility index (Phi) is 9.66. The second-order valence-electron chi connectivity index (χ2n) is 9.22. The Balaban J connectivity index is 1.90. The number of anilines is 1. The van der Waals surface area contributed by atoms with Crippen LogP contribution >= 0.6 is 15.9 Å². The van der Waals surface area contributed by atoms with Crippen molar-refractivity contribution in [2.45, 2.75) is 57.7 Å². The van der Waals surface area contributed by atoms with Crippen LogP contribution in [0.4, 0.5) is 11.4 Å². The summed E-state index contributed by atoms with van der Waals surface area (Å²) in [5, 5.41) is 14.3. The van der Waals surface area contributed by atoms with Crippen LogP contribution in [0.25, 0.3) is 0 Å². The zero-order chi connectivity index (χ0) is 27.2. The molecule has 3 rings (SSSR count). The molecular weight excluding hydrogens is 564 g/mol. The maximum absolute atomic E-state index is 13.6. The summed E-state index contributed by atoms with van der Waals surface area (Å²) in [6.45, 7) is 1.07. The van der Waals surface area contributed by atoms with Gasteiger partial charge in [0.25, 0.3) is 5.69 Å². The molecule has 10 nitrogen and oxygen atoms in total. The van der Waals surface area contributed by atoms with Gasteiger partial charge < -0.3 is 10.2 Å². The predicted octanol–water partition coefficient (Wildman–Crippen LogP) is 3.99. The molecule has 1 atom stereocenters. The van der Waals surface area contributed by atoms with Crippen LogP contribution in [-0.2, 0) is 26.2 Å². The number of amides is 2. The van der Waals surface area contributed by atoms with E-state index in [0.717, 1.165) is 58.8 Å². The Morgan fingerprint density at radius 1 is 1.14 bits per heavy atom. The molecule has 0 heterocycles. The molecule has 37 heavy (non-hydrogen) atoms. The Bertz CT molecular complexity index is 1250. The zero-order valence-corrected chi connectivity index (χ0v) is 23.2. The van der Waals surface area contributed by atoms with Crippen LogP contribution in [0.5, 0.6) is 0 Å². The molecule has 1 aliphatic carbocycles. The largest absolute Gasteiger partial charge is 0.352 e. The molecule has 0 unspecified atom stereocenters. The first-order valence-electron chi connectivity index (χ1n) is 12.0. The number of nitrogens with zero attached hydrogens (tertiary/aromatic N) is 3. The lowest BCUT2D eigenvalue weighted by Gasteiger charge is -2.33. The second kappa shape index (κ2) is 12.5. The summed E-state index contributed by atoms with van der Waals surface area (Å²) in [6.07, 6.45) is 5.89. The van der Waals surface area contributed by atoms with E-state index in [1.165, 1.54) is 23.1 Å². The predicted molar refractivity (Wildman–Crippen MR) is 144 cm³/mol. The van der Waals surface area contributed by atoms with Gasteiger partial charge >= 0.3 is 0 Å². The summed E-state index contributed by atoms with van der Waals surface area (Å²) in [5.74, 6) is -0.917. The first kappa shape index (κ1) is 28.6. The van der Waals surface area contributed by atoms with Gasteiger partial charge in [-0.3, -0.25) is 24.0 Å². The normalized spacial score (nSPS) is 15.0. The van der Waals surface area contributed by atoms with Crippen molar-refractivity contribution in [3.05, 3.63) is 68.7 Å². The Hall–Kier alpha value is -2.99. The number of carbonyl (C=O) groups is 2. The van der Waals surface area contributed by atoms with E-state index in [-0.39, 0.29) is 29.9 Å². The number of hydrogen-bond acceptors (Lipinski definition) is 6. The van der Waals surface area contributed by atoms with Crippen molar-refractivity contribution in [1.82, 2.24) is 10.2 Å². The number of nitro benzene ring substituents is 1. The molecule has 1 saturated carbocycles. The van der Waals surface area contributed by atoms with E-state index in [0.29, 0.717) is 0 Å². The average Bonchev–Trinajstić information content (AvgIpc) is 2.85. The molecule has 1 fully saturated rings. The SMILES string of the molecule is C[C@@H](C(=O)NC1CCCCC1)N(Cc1cccc(Br)c1)C(=O)CN(c1cccc([N+](=O)[O-])c1)S(C)(=O)=O. The summed E-state index contributed by atoms with van der Waals surface area (Å²) in [7, 11) is -3.98. The lowest BCUT2D eigenvalue weighted by atomic mass is 9.95. The van der Waals surface area contributed by atoms with Crippen molar-refractivity contribution < 1.29 is 22.9 Å². The summed E-state index contributed by atoms with van der Waals surface area (Å²) < 4.78 is 26.9. The Morgan fingerprint density at radius 2 is 1.81 bits per heavy atom. The van der Waals surface area contributed by atoms with Crippen LogP contribution in [0.15, 0.2) is 53.0 Å². The number of benzene rings is 2. The smallest absolute Gasteiger partial charge is 0.271 e. The number of nitrogens with one attached hydrogen (secondary N) is 1. The highest BCUT2D eigenvalue weighted by Crippen LogP contribution is 2.24. The van der Waals surface area contributed by atoms with Crippen molar-refractivity contribution in [1.29, 1.82) is 0 Å². The summed E-state index contributed by atoms with van der Waals surface area (Å²) in [4.78, 5) is 38.7. The van der Waals surface area contributed by atoms with E-state index in [4.69, 9.17) is 0 Å². The molecule has 0 aromatic heterocycles. The Labute approximate surface area is 225 Å². The fraction of sp³-hybridized carbons (Fsp3) is 0.440. The molecular formula is C25H31BrN4O6S. The Morgan fingerprint density at radius 3 is 2.43 bits per heavy atom. The van der Waals surface area contributed by atoms with Crippen LogP contribution < -0.4 is 9.62 Å². The molecule has 1 aliphatic rings. The number of nitro groups is 1. The summed E-state index contributed by atoms with van der Waals surface area (Å²) >= 11 is 3.41. The summed E-state index contributed by atoms with van der Waals surface area (Å²) in [5.41, 5.74) is 0.442. The monoisotopic (exact) mass is 594 g/mol. The van der Waals surface area contributed by atoms with Gasteiger partial charge in [0.05, 0.1) is 16.9 Å². The topological polar surface area (TPSA) is 130 Å². The molecule has 0 spiro atoms. The van der Waals surface area contributed by atoms with Crippen molar-refractivity contribution in [2.24, 2.45) is 0 Å². The van der Waals surface area contributed by atoms with Gasteiger partial charge in [0.15, 0.2) is 0 Å². The van der Waals surface area contributed by atoms with Crippen LogP contribution in [0, 0.1) is 10.1 Å². The van der Waals surface area contributed by atoms with Crippen LogP contribution in [0.2, 0.25) is 0 Å². The second-order valence-corrected chi connectivity index (χ2v) is 12.0. The first-order valence-corrected chi connectivity index (χ1v) is 14.7. The molecule has 0 radical (unpaired) electrons. The average molecular weight is 596 g/mol. The fourth-order valence-corrected chi connectivity index (χ4v) is 5.65. The van der Waals surface area contributed by atoms with Gasteiger partial charge in [0, 0.05) is 29.2 Å². The van der Waals surface area contributed by atoms with E-state index in [9.17, 15) is 28.1 Å². The molecule has 1 N–H and O–H groups in total. The molecule has 0 bridgehead atoms. The van der Waals surface area contributed by atoms with Crippen LogP contribution in [-0.4, -0.2) is 54.9 Å². The van der Waals surface area contributed by atoms with E-state index in [1.807, 2.05) is 18.2 Å². The highest BCUT2D eigenvalue weighted by Gasteiger charge is 2.31.